The van der Waals surface area contributed by atoms with E-state index in [1.165, 1.54) is 25.0 Å². The maximum Gasteiger partial charge on any atom is 0.128 e. The number of nitrogens with zero attached hydrogens (tertiary/aromatic N) is 1. The second kappa shape index (κ2) is 6.84. The van der Waals surface area contributed by atoms with Crippen LogP contribution < -0.4 is 4.74 Å². The van der Waals surface area contributed by atoms with Gasteiger partial charge in [0.05, 0.1) is 18.2 Å². The Morgan fingerprint density at radius 3 is 2.75 bits per heavy atom. The van der Waals surface area contributed by atoms with Crippen LogP contribution in [-0.2, 0) is 0 Å². The maximum absolute atomic E-state index is 13.0. The van der Waals surface area contributed by atoms with Crippen molar-refractivity contribution in [3.05, 3.63) is 29.6 Å². The summed E-state index contributed by atoms with van der Waals surface area (Å²) in [5, 5.41) is 8.66. The van der Waals surface area contributed by atoms with Crippen molar-refractivity contribution in [1.82, 2.24) is 0 Å². The van der Waals surface area contributed by atoms with Gasteiger partial charge >= 0.3 is 0 Å². The molecule has 0 fully saturated rings. The predicted molar refractivity (Wildman–Crippen MR) is 60.8 cm³/mol. The summed E-state index contributed by atoms with van der Waals surface area (Å²) < 4.78 is 18.4. The first-order chi connectivity index (χ1) is 7.76. The van der Waals surface area contributed by atoms with E-state index in [1.54, 1.807) is 6.07 Å². The Morgan fingerprint density at radius 2 is 2.06 bits per heavy atom. The standard InChI is InChI=1S/C13H16FNO/c1-2-3-4-5-6-16-13-8-11(10-15)7-12(14)9-13/h7-9H,2-6H2,1H3. The van der Waals surface area contributed by atoms with Crippen molar-refractivity contribution in [3.8, 4) is 11.8 Å². The molecule has 1 aromatic carbocycles. The van der Waals surface area contributed by atoms with E-state index in [0.717, 1.165) is 12.8 Å². The van der Waals surface area contributed by atoms with E-state index < -0.39 is 5.82 Å². The van der Waals surface area contributed by atoms with Crippen LogP contribution in [0.3, 0.4) is 0 Å². The Labute approximate surface area is 95.7 Å². The van der Waals surface area contributed by atoms with E-state index >= 15 is 0 Å². The molecule has 0 amide bonds. The molecule has 0 spiro atoms. The van der Waals surface area contributed by atoms with Gasteiger partial charge in [-0.2, -0.15) is 5.26 Å². The minimum absolute atomic E-state index is 0.295. The number of nitriles is 1. The molecule has 0 N–H and O–H groups in total. The first-order valence-electron chi connectivity index (χ1n) is 5.59. The molecule has 0 aliphatic carbocycles. The van der Waals surface area contributed by atoms with Gasteiger partial charge in [-0.3, -0.25) is 0 Å². The minimum Gasteiger partial charge on any atom is -0.493 e. The highest BCUT2D eigenvalue weighted by atomic mass is 19.1. The van der Waals surface area contributed by atoms with Gasteiger partial charge in [-0.1, -0.05) is 26.2 Å². The molecule has 0 bridgehead atoms. The molecule has 0 atom stereocenters. The van der Waals surface area contributed by atoms with Crippen LogP contribution in [0, 0.1) is 17.1 Å². The zero-order valence-corrected chi connectivity index (χ0v) is 9.50. The third-order valence-corrected chi connectivity index (χ3v) is 2.27. The first-order valence-corrected chi connectivity index (χ1v) is 5.59. The molecular formula is C13H16FNO. The minimum atomic E-state index is -0.428. The molecule has 0 saturated heterocycles. The number of hydrogen-bond donors (Lipinski definition) is 0. The number of hydrogen-bond acceptors (Lipinski definition) is 2. The molecule has 1 rings (SSSR count). The van der Waals surface area contributed by atoms with E-state index in [2.05, 4.69) is 6.92 Å². The van der Waals surface area contributed by atoms with Gasteiger partial charge < -0.3 is 4.74 Å². The quantitative estimate of drug-likeness (QED) is 0.687. The summed E-state index contributed by atoms with van der Waals surface area (Å²) in [7, 11) is 0. The van der Waals surface area contributed by atoms with Gasteiger partial charge in [0.15, 0.2) is 0 Å². The number of unbranched alkanes of at least 4 members (excludes halogenated alkanes) is 3. The normalized spacial score (nSPS) is 9.81. The van der Waals surface area contributed by atoms with E-state index in [4.69, 9.17) is 10.00 Å². The summed E-state index contributed by atoms with van der Waals surface area (Å²) >= 11 is 0. The smallest absolute Gasteiger partial charge is 0.128 e. The molecular weight excluding hydrogens is 205 g/mol. The summed E-state index contributed by atoms with van der Waals surface area (Å²) in [6.45, 7) is 2.72. The summed E-state index contributed by atoms with van der Waals surface area (Å²) in [4.78, 5) is 0. The van der Waals surface area contributed by atoms with Crippen LogP contribution in [0.15, 0.2) is 18.2 Å². The molecule has 0 aromatic heterocycles. The van der Waals surface area contributed by atoms with Crippen LogP contribution in [0.4, 0.5) is 4.39 Å². The molecule has 0 aliphatic heterocycles. The zero-order valence-electron chi connectivity index (χ0n) is 9.50. The van der Waals surface area contributed by atoms with Crippen molar-refractivity contribution < 1.29 is 9.13 Å². The lowest BCUT2D eigenvalue weighted by Crippen LogP contribution is -1.98. The zero-order chi connectivity index (χ0) is 11.8. The fourth-order valence-corrected chi connectivity index (χ4v) is 1.43. The van der Waals surface area contributed by atoms with Gasteiger partial charge in [0, 0.05) is 6.07 Å². The van der Waals surface area contributed by atoms with Crippen LogP contribution in [-0.4, -0.2) is 6.61 Å². The van der Waals surface area contributed by atoms with Crippen LogP contribution in [0.5, 0.6) is 5.75 Å². The van der Waals surface area contributed by atoms with E-state index in [0.29, 0.717) is 17.9 Å². The van der Waals surface area contributed by atoms with Crippen LogP contribution >= 0.6 is 0 Å². The summed E-state index contributed by atoms with van der Waals surface area (Å²) in [6.07, 6.45) is 4.46. The number of ether oxygens (including phenoxy) is 1. The van der Waals surface area contributed by atoms with Crippen molar-refractivity contribution in [1.29, 1.82) is 5.26 Å². The third-order valence-electron chi connectivity index (χ3n) is 2.27. The van der Waals surface area contributed by atoms with Gasteiger partial charge in [-0.25, -0.2) is 4.39 Å². The Hall–Kier alpha value is -1.56. The lowest BCUT2D eigenvalue weighted by atomic mass is 10.2. The van der Waals surface area contributed by atoms with Crippen LogP contribution in [0.25, 0.3) is 0 Å². The van der Waals surface area contributed by atoms with Gasteiger partial charge in [0.25, 0.3) is 0 Å². The molecule has 2 nitrogen and oxygen atoms in total. The average Bonchev–Trinajstić information content (AvgIpc) is 2.28. The van der Waals surface area contributed by atoms with Gasteiger partial charge in [0.1, 0.15) is 11.6 Å². The topological polar surface area (TPSA) is 33.0 Å². The second-order valence-corrected chi connectivity index (χ2v) is 3.70. The number of benzene rings is 1. The Bertz CT molecular complexity index is 371. The van der Waals surface area contributed by atoms with Crippen molar-refractivity contribution in [2.45, 2.75) is 32.6 Å². The van der Waals surface area contributed by atoms with Crippen molar-refractivity contribution >= 4 is 0 Å². The molecule has 0 aliphatic rings. The molecule has 3 heteroatoms. The third kappa shape index (κ3) is 4.31. The van der Waals surface area contributed by atoms with Crippen molar-refractivity contribution in [3.63, 3.8) is 0 Å². The average molecular weight is 221 g/mol. The molecule has 86 valence electrons. The first kappa shape index (κ1) is 12.5. The van der Waals surface area contributed by atoms with E-state index in [-0.39, 0.29) is 0 Å². The Kier molecular flexibility index (Phi) is 5.35. The Morgan fingerprint density at radius 1 is 1.25 bits per heavy atom. The fraction of sp³-hybridized carbons (Fsp3) is 0.462. The lowest BCUT2D eigenvalue weighted by Gasteiger charge is -2.06. The monoisotopic (exact) mass is 221 g/mol. The molecule has 0 unspecified atom stereocenters. The highest BCUT2D eigenvalue weighted by Crippen LogP contribution is 2.16. The summed E-state index contributed by atoms with van der Waals surface area (Å²) in [6, 6.07) is 5.96. The van der Waals surface area contributed by atoms with Crippen LogP contribution in [0.2, 0.25) is 0 Å². The van der Waals surface area contributed by atoms with Gasteiger partial charge in [0.2, 0.25) is 0 Å². The maximum atomic E-state index is 13.0. The summed E-state index contributed by atoms with van der Waals surface area (Å²) in [5.74, 6) is 0.00987. The predicted octanol–water partition coefficient (Wildman–Crippen LogP) is 3.66. The van der Waals surface area contributed by atoms with Crippen LogP contribution in [0.1, 0.15) is 38.2 Å². The highest BCUT2D eigenvalue weighted by molar-refractivity contribution is 5.36. The molecule has 0 heterocycles. The van der Waals surface area contributed by atoms with Crippen molar-refractivity contribution in [2.75, 3.05) is 6.61 Å². The van der Waals surface area contributed by atoms with E-state index in [1.807, 2.05) is 6.07 Å². The molecule has 1 aromatic rings. The number of rotatable bonds is 6. The largest absolute Gasteiger partial charge is 0.493 e. The lowest BCUT2D eigenvalue weighted by molar-refractivity contribution is 0.303. The molecule has 16 heavy (non-hydrogen) atoms. The van der Waals surface area contributed by atoms with Crippen molar-refractivity contribution in [2.24, 2.45) is 0 Å². The summed E-state index contributed by atoms with van der Waals surface area (Å²) in [5.41, 5.74) is 0.295. The molecule has 0 radical (unpaired) electrons. The van der Waals surface area contributed by atoms with Gasteiger partial charge in [-0.15, -0.1) is 0 Å². The number of halogens is 1. The SMILES string of the molecule is CCCCCCOc1cc(F)cc(C#N)c1. The van der Waals surface area contributed by atoms with E-state index in [9.17, 15) is 4.39 Å². The fourth-order valence-electron chi connectivity index (χ4n) is 1.43. The molecule has 0 saturated carbocycles. The van der Waals surface area contributed by atoms with Gasteiger partial charge in [-0.05, 0) is 18.6 Å². The Balaban J connectivity index is 2.42. The highest BCUT2D eigenvalue weighted by Gasteiger charge is 2.01. The second-order valence-electron chi connectivity index (χ2n) is 3.70.